The van der Waals surface area contributed by atoms with Gasteiger partial charge < -0.3 is 19.5 Å². The molecule has 10 heteroatoms. The van der Waals surface area contributed by atoms with Crippen molar-refractivity contribution >= 4 is 11.3 Å². The Balaban J connectivity index is 1.17. The Morgan fingerprint density at radius 2 is 1.97 bits per heavy atom. The van der Waals surface area contributed by atoms with Gasteiger partial charge in [-0.2, -0.15) is 10.4 Å². The number of fused-ring (bicyclic) bond motifs is 3. The molecule has 3 atom stereocenters. The highest BCUT2D eigenvalue weighted by Gasteiger charge is 2.45. The van der Waals surface area contributed by atoms with Crippen LogP contribution in [0.2, 0.25) is 0 Å². The van der Waals surface area contributed by atoms with Crippen LogP contribution in [0.5, 0.6) is 5.75 Å². The van der Waals surface area contributed by atoms with E-state index in [-0.39, 0.29) is 12.0 Å². The third-order valence-corrected chi connectivity index (χ3v) is 8.38. The lowest BCUT2D eigenvalue weighted by atomic mass is 9.86. The molecule has 0 saturated carbocycles. The fraction of sp³-hybridized carbons (Fsp3) is 0.552. The minimum absolute atomic E-state index is 0.272. The molecule has 3 aromatic rings. The van der Waals surface area contributed by atoms with Crippen LogP contribution in [-0.2, 0) is 4.74 Å². The Morgan fingerprint density at radius 3 is 2.67 bits per heavy atom. The van der Waals surface area contributed by atoms with Crippen LogP contribution in [0.4, 0.5) is 5.82 Å². The highest BCUT2D eigenvalue weighted by molar-refractivity contribution is 5.85. The summed E-state index contributed by atoms with van der Waals surface area (Å²) in [4.78, 5) is 12.0. The van der Waals surface area contributed by atoms with E-state index in [1.165, 1.54) is 6.42 Å². The monoisotopic (exact) mass is 531 g/mol. The third-order valence-electron chi connectivity index (χ3n) is 8.38. The Kier molecular flexibility index (Phi) is 7.40. The fourth-order valence-electron chi connectivity index (χ4n) is 5.93. The van der Waals surface area contributed by atoms with Gasteiger partial charge >= 0.3 is 0 Å². The van der Waals surface area contributed by atoms with E-state index in [4.69, 9.17) is 14.5 Å². The third kappa shape index (κ3) is 5.32. The number of morpholine rings is 1. The van der Waals surface area contributed by atoms with E-state index < -0.39 is 0 Å². The first kappa shape index (κ1) is 26.0. The molecule has 7 rings (SSSR count). The van der Waals surface area contributed by atoms with Crippen molar-refractivity contribution in [3.63, 3.8) is 0 Å². The second kappa shape index (κ2) is 11.1. The second-order valence-electron chi connectivity index (χ2n) is 11.2. The van der Waals surface area contributed by atoms with Crippen LogP contribution >= 0.6 is 0 Å². The van der Waals surface area contributed by atoms with E-state index in [1.807, 2.05) is 18.5 Å². The lowest BCUT2D eigenvalue weighted by Crippen LogP contribution is -2.70. The minimum atomic E-state index is -0.281. The number of rotatable bonds is 9. The van der Waals surface area contributed by atoms with E-state index in [2.05, 4.69) is 51.8 Å². The van der Waals surface area contributed by atoms with Crippen molar-refractivity contribution in [1.82, 2.24) is 24.4 Å². The predicted octanol–water partition coefficient (Wildman–Crippen LogP) is 2.26. The molecule has 206 valence electrons. The summed E-state index contributed by atoms with van der Waals surface area (Å²) in [7, 11) is 0. The zero-order chi connectivity index (χ0) is 26.9. The van der Waals surface area contributed by atoms with Crippen molar-refractivity contribution in [2.45, 2.75) is 38.5 Å². The smallest absolute Gasteiger partial charge is 0.138 e. The highest BCUT2D eigenvalue weighted by atomic mass is 16.5. The minimum Gasteiger partial charge on any atom is -0.491 e. The Hall–Kier alpha value is -3.23. The Morgan fingerprint density at radius 1 is 1.18 bits per heavy atom. The second-order valence-corrected chi connectivity index (χ2v) is 11.2. The van der Waals surface area contributed by atoms with Gasteiger partial charge in [-0.15, -0.1) is 0 Å². The topological polar surface area (TPSA) is 102 Å². The molecule has 39 heavy (non-hydrogen) atoms. The maximum absolute atomic E-state index is 10.4. The Bertz CT molecular complexity index is 1320. The van der Waals surface area contributed by atoms with Crippen molar-refractivity contribution in [2.75, 3.05) is 64.0 Å². The molecule has 0 amide bonds. The molecule has 7 heterocycles. The van der Waals surface area contributed by atoms with Crippen LogP contribution < -0.4 is 9.64 Å². The lowest BCUT2D eigenvalue weighted by molar-refractivity contribution is -0.0432. The summed E-state index contributed by atoms with van der Waals surface area (Å²) in [5.41, 5.74) is 3.07. The molecule has 3 unspecified atom stereocenters. The molecule has 4 aliphatic heterocycles. The number of hydrogen-bond donors (Lipinski definition) is 1. The van der Waals surface area contributed by atoms with Gasteiger partial charge in [-0.1, -0.05) is 13.8 Å². The SMILES string of the molecule is CC(C)C(O)CN1C2CC1CN(c1ccc(-c3cc(OCCN4CCOCC4)cn4ncc(C#N)c34)cn1)C2. The Labute approximate surface area is 229 Å². The van der Waals surface area contributed by atoms with E-state index in [9.17, 15) is 10.4 Å². The number of ether oxygens (including phenoxy) is 2. The standard InChI is InChI=1S/C29H37N7O3/c1-20(2)27(37)19-35-23-11-24(35)17-34(16-23)28-4-3-21(14-31-28)26-12-25(18-36-29(26)22(13-30)15-32-36)39-10-7-33-5-8-38-9-6-33/h3-4,12,14-15,18,20,23-24,27,37H,5-11,16-17,19H2,1-2H3. The van der Waals surface area contributed by atoms with Crippen LogP contribution in [-0.4, -0.2) is 107 Å². The molecule has 0 radical (unpaired) electrons. The van der Waals surface area contributed by atoms with Gasteiger partial charge in [0.25, 0.3) is 0 Å². The molecule has 0 aromatic carbocycles. The predicted molar refractivity (Wildman–Crippen MR) is 148 cm³/mol. The van der Waals surface area contributed by atoms with Gasteiger partial charge in [0, 0.05) is 68.7 Å². The molecule has 4 saturated heterocycles. The number of nitrogens with zero attached hydrogens (tertiary/aromatic N) is 7. The number of nitriles is 1. The number of aliphatic hydroxyl groups is 1. The summed E-state index contributed by atoms with van der Waals surface area (Å²) in [6, 6.07) is 9.33. The molecular weight excluding hydrogens is 494 g/mol. The number of aliphatic hydroxyl groups excluding tert-OH is 1. The first-order chi connectivity index (χ1) is 19.0. The molecule has 4 aliphatic rings. The summed E-state index contributed by atoms with van der Waals surface area (Å²) in [5, 5.41) is 24.5. The van der Waals surface area contributed by atoms with Crippen molar-refractivity contribution in [2.24, 2.45) is 5.92 Å². The average Bonchev–Trinajstić information content (AvgIpc) is 3.39. The molecule has 1 N–H and O–H groups in total. The van der Waals surface area contributed by atoms with Gasteiger partial charge in [0.05, 0.1) is 42.8 Å². The maximum atomic E-state index is 10.4. The summed E-state index contributed by atoms with van der Waals surface area (Å²) in [6.45, 7) is 11.5. The molecule has 4 fully saturated rings. The first-order valence-corrected chi connectivity index (χ1v) is 14.0. The molecular formula is C29H37N7O3. The summed E-state index contributed by atoms with van der Waals surface area (Å²) in [6.07, 6.45) is 6.23. The van der Waals surface area contributed by atoms with Crippen LogP contribution in [0.1, 0.15) is 25.8 Å². The van der Waals surface area contributed by atoms with Crippen molar-refractivity contribution in [3.05, 3.63) is 42.4 Å². The fourth-order valence-corrected chi connectivity index (χ4v) is 5.93. The number of anilines is 1. The van der Waals surface area contributed by atoms with Gasteiger partial charge in [-0.25, -0.2) is 9.50 Å². The summed E-state index contributed by atoms with van der Waals surface area (Å²) < 4.78 is 13.3. The molecule has 3 aromatic heterocycles. The normalized spacial score (nSPS) is 22.6. The number of piperidine rings is 1. The molecule has 0 spiro atoms. The summed E-state index contributed by atoms with van der Waals surface area (Å²) >= 11 is 0. The quantitative estimate of drug-likeness (QED) is 0.445. The molecule has 0 aliphatic carbocycles. The van der Waals surface area contributed by atoms with Crippen LogP contribution in [0.25, 0.3) is 16.6 Å². The van der Waals surface area contributed by atoms with E-state index in [1.54, 1.807) is 10.7 Å². The number of hydrogen-bond acceptors (Lipinski definition) is 9. The lowest BCUT2D eigenvalue weighted by Gasteiger charge is -2.57. The maximum Gasteiger partial charge on any atom is 0.138 e. The van der Waals surface area contributed by atoms with Gasteiger partial charge in [-0.05, 0) is 30.5 Å². The van der Waals surface area contributed by atoms with Crippen molar-refractivity contribution in [1.29, 1.82) is 5.26 Å². The van der Waals surface area contributed by atoms with Crippen LogP contribution in [0.15, 0.2) is 36.8 Å². The van der Waals surface area contributed by atoms with E-state index in [0.717, 1.165) is 74.9 Å². The van der Waals surface area contributed by atoms with Gasteiger partial charge in [-0.3, -0.25) is 9.80 Å². The van der Waals surface area contributed by atoms with E-state index >= 15 is 0 Å². The number of pyridine rings is 2. The zero-order valence-corrected chi connectivity index (χ0v) is 22.7. The van der Waals surface area contributed by atoms with Gasteiger partial charge in [0.15, 0.2) is 0 Å². The number of aromatic nitrogens is 3. The largest absolute Gasteiger partial charge is 0.491 e. The highest BCUT2D eigenvalue weighted by Crippen LogP contribution is 2.36. The zero-order valence-electron chi connectivity index (χ0n) is 22.7. The van der Waals surface area contributed by atoms with Crippen LogP contribution in [0, 0.1) is 17.2 Å². The molecule has 10 nitrogen and oxygen atoms in total. The van der Waals surface area contributed by atoms with Gasteiger partial charge in [0.1, 0.15) is 24.2 Å². The van der Waals surface area contributed by atoms with E-state index in [0.29, 0.717) is 30.0 Å². The average molecular weight is 532 g/mol. The van der Waals surface area contributed by atoms with Gasteiger partial charge in [0.2, 0.25) is 0 Å². The molecule has 2 bridgehead atoms. The first-order valence-electron chi connectivity index (χ1n) is 14.0. The van der Waals surface area contributed by atoms with Crippen molar-refractivity contribution in [3.8, 4) is 22.9 Å². The van der Waals surface area contributed by atoms with Crippen LogP contribution in [0.3, 0.4) is 0 Å². The summed E-state index contributed by atoms with van der Waals surface area (Å²) in [5.74, 6) is 1.94. The number of piperazine rings is 1. The van der Waals surface area contributed by atoms with Crippen molar-refractivity contribution < 1.29 is 14.6 Å².